The summed E-state index contributed by atoms with van der Waals surface area (Å²) in [4.78, 5) is 12.7. The average Bonchev–Trinajstić information content (AvgIpc) is 3.04. The molecule has 2 amide bonds. The van der Waals surface area contributed by atoms with Gasteiger partial charge in [-0.05, 0) is 43.2 Å². The molecule has 0 atom stereocenters. The molecule has 1 aliphatic rings. The second-order valence-electron chi connectivity index (χ2n) is 6.18. The van der Waals surface area contributed by atoms with Crippen LogP contribution in [-0.4, -0.2) is 27.5 Å². The number of anilines is 2. The van der Waals surface area contributed by atoms with Crippen molar-refractivity contribution in [1.29, 1.82) is 0 Å². The van der Waals surface area contributed by atoms with Crippen LogP contribution < -0.4 is 14.9 Å². The van der Waals surface area contributed by atoms with Crippen molar-refractivity contribution in [2.24, 2.45) is 0 Å². The first-order valence-electron chi connectivity index (χ1n) is 8.51. The molecule has 150 valence electrons. The second kappa shape index (κ2) is 7.34. The number of carbonyl (C=O) groups is 1. The molecule has 10 heteroatoms. The van der Waals surface area contributed by atoms with Crippen LogP contribution in [0.25, 0.3) is 0 Å². The number of alkyl halides is 3. The van der Waals surface area contributed by atoms with Gasteiger partial charge >= 0.3 is 12.2 Å². The van der Waals surface area contributed by atoms with Crippen LogP contribution in [0.4, 0.5) is 29.3 Å². The summed E-state index contributed by atoms with van der Waals surface area (Å²) < 4.78 is 66.8. The van der Waals surface area contributed by atoms with Gasteiger partial charge in [-0.1, -0.05) is 18.2 Å². The molecule has 0 aromatic heterocycles. The van der Waals surface area contributed by atoms with Gasteiger partial charge in [0.1, 0.15) is 0 Å². The first-order chi connectivity index (χ1) is 13.1. The molecule has 0 aliphatic carbocycles. The number of nitrogens with zero attached hydrogens (tertiary/aromatic N) is 1. The molecule has 2 aromatic carbocycles. The first kappa shape index (κ1) is 20.0. The summed E-state index contributed by atoms with van der Waals surface area (Å²) >= 11 is 0. The highest BCUT2D eigenvalue weighted by Crippen LogP contribution is 2.36. The van der Waals surface area contributed by atoms with Gasteiger partial charge in [0.05, 0.1) is 21.8 Å². The molecule has 6 nitrogen and oxygen atoms in total. The Labute approximate surface area is 160 Å². The van der Waals surface area contributed by atoms with E-state index in [1.165, 1.54) is 23.1 Å². The molecule has 1 aliphatic heterocycles. The van der Waals surface area contributed by atoms with E-state index in [0.29, 0.717) is 31.3 Å². The number of urea groups is 1. The molecule has 0 radical (unpaired) electrons. The van der Waals surface area contributed by atoms with Crippen LogP contribution in [-0.2, 0) is 22.6 Å². The second-order valence-corrected chi connectivity index (χ2v) is 7.83. The number of carbonyl (C=O) groups excluding carboxylic acids is 1. The maximum atomic E-state index is 13.2. The van der Waals surface area contributed by atoms with Crippen molar-refractivity contribution < 1.29 is 26.4 Å². The number of rotatable bonds is 4. The Kier molecular flexibility index (Phi) is 5.24. The lowest BCUT2D eigenvalue weighted by Crippen LogP contribution is -2.38. The summed E-state index contributed by atoms with van der Waals surface area (Å²) in [5, 5.41) is 2.67. The topological polar surface area (TPSA) is 78.5 Å². The summed E-state index contributed by atoms with van der Waals surface area (Å²) in [6, 6.07) is 8.23. The van der Waals surface area contributed by atoms with Gasteiger partial charge < -0.3 is 5.32 Å². The maximum absolute atomic E-state index is 13.2. The molecule has 0 unspecified atom stereocenters. The van der Waals surface area contributed by atoms with E-state index in [9.17, 15) is 26.4 Å². The Morgan fingerprint density at radius 3 is 2.57 bits per heavy atom. The fourth-order valence-electron chi connectivity index (χ4n) is 3.05. The molecule has 0 saturated heterocycles. The first-order valence-corrected chi connectivity index (χ1v) is 9.99. The Morgan fingerprint density at radius 1 is 1.18 bits per heavy atom. The molecule has 28 heavy (non-hydrogen) atoms. The van der Waals surface area contributed by atoms with Gasteiger partial charge in [-0.2, -0.15) is 13.2 Å². The van der Waals surface area contributed by atoms with Crippen molar-refractivity contribution in [3.05, 3.63) is 53.6 Å². The van der Waals surface area contributed by atoms with E-state index in [2.05, 4.69) is 10.0 Å². The minimum atomic E-state index is -4.81. The molecule has 0 saturated carbocycles. The molecule has 3 rings (SSSR count). The van der Waals surface area contributed by atoms with E-state index in [1.54, 1.807) is 13.0 Å². The summed E-state index contributed by atoms with van der Waals surface area (Å²) in [5.41, 5.74) is 0.208. The Morgan fingerprint density at radius 2 is 1.89 bits per heavy atom. The predicted octanol–water partition coefficient (Wildman–Crippen LogP) is 3.60. The smallest absolute Gasteiger partial charge is 0.338 e. The van der Waals surface area contributed by atoms with E-state index in [0.717, 1.165) is 17.7 Å². The zero-order valence-corrected chi connectivity index (χ0v) is 15.7. The van der Waals surface area contributed by atoms with Crippen molar-refractivity contribution in [3.63, 3.8) is 0 Å². The van der Waals surface area contributed by atoms with Crippen LogP contribution in [0.2, 0.25) is 0 Å². The van der Waals surface area contributed by atoms with Gasteiger partial charge in [-0.3, -0.25) is 9.62 Å². The third-order valence-electron chi connectivity index (χ3n) is 4.29. The van der Waals surface area contributed by atoms with Crippen LogP contribution in [0.1, 0.15) is 18.1 Å². The quantitative estimate of drug-likeness (QED) is 0.804. The number of benzene rings is 2. The van der Waals surface area contributed by atoms with Crippen molar-refractivity contribution in [3.8, 4) is 0 Å². The SMILES string of the molecule is CCNC(=O)N1CCc2ccc(NS(=O)(=O)c3ccccc3C(F)(F)F)cc21. The molecular formula is C18H18F3N3O3S. The Bertz CT molecular complexity index is 1010. The summed E-state index contributed by atoms with van der Waals surface area (Å²) in [6.45, 7) is 2.65. The highest BCUT2D eigenvalue weighted by Gasteiger charge is 2.37. The highest BCUT2D eigenvalue weighted by atomic mass is 32.2. The fourth-order valence-corrected chi connectivity index (χ4v) is 4.32. The van der Waals surface area contributed by atoms with Gasteiger partial charge in [-0.15, -0.1) is 0 Å². The number of nitrogens with one attached hydrogen (secondary N) is 2. The highest BCUT2D eigenvalue weighted by molar-refractivity contribution is 7.92. The lowest BCUT2D eigenvalue weighted by atomic mass is 10.1. The third-order valence-corrected chi connectivity index (χ3v) is 5.73. The number of fused-ring (bicyclic) bond motifs is 1. The third kappa shape index (κ3) is 3.91. The number of hydrogen-bond donors (Lipinski definition) is 2. The zero-order chi connectivity index (χ0) is 20.5. The Hall–Kier alpha value is -2.75. The van der Waals surface area contributed by atoms with Crippen LogP contribution in [0, 0.1) is 0 Å². The van der Waals surface area contributed by atoms with Gasteiger partial charge in [-0.25, -0.2) is 13.2 Å². The zero-order valence-electron chi connectivity index (χ0n) is 14.9. The van der Waals surface area contributed by atoms with Crippen molar-refractivity contribution in [2.45, 2.75) is 24.4 Å². The number of amides is 2. The minimum Gasteiger partial charge on any atom is -0.338 e. The largest absolute Gasteiger partial charge is 0.417 e. The number of sulfonamides is 1. The lowest BCUT2D eigenvalue weighted by molar-refractivity contribution is -0.139. The molecule has 2 N–H and O–H groups in total. The molecule has 1 heterocycles. The van der Waals surface area contributed by atoms with Gasteiger partial charge in [0.15, 0.2) is 0 Å². The predicted molar refractivity (Wildman–Crippen MR) is 98.8 cm³/mol. The van der Waals surface area contributed by atoms with Crippen molar-refractivity contribution >= 4 is 27.4 Å². The summed E-state index contributed by atoms with van der Waals surface area (Å²) in [7, 11) is -4.48. The molecule has 2 aromatic rings. The molecular weight excluding hydrogens is 395 g/mol. The number of halogens is 3. The van der Waals surface area contributed by atoms with E-state index >= 15 is 0 Å². The minimum absolute atomic E-state index is 0.0759. The maximum Gasteiger partial charge on any atom is 0.417 e. The molecule has 0 bridgehead atoms. The van der Waals surface area contributed by atoms with Gasteiger partial charge in [0.2, 0.25) is 0 Å². The van der Waals surface area contributed by atoms with Crippen LogP contribution in [0.3, 0.4) is 0 Å². The lowest BCUT2D eigenvalue weighted by Gasteiger charge is -2.19. The van der Waals surface area contributed by atoms with Crippen molar-refractivity contribution in [2.75, 3.05) is 22.7 Å². The van der Waals surface area contributed by atoms with Gasteiger partial charge in [0, 0.05) is 13.1 Å². The van der Waals surface area contributed by atoms with E-state index in [1.807, 2.05) is 0 Å². The molecule has 0 fully saturated rings. The summed E-state index contributed by atoms with van der Waals surface area (Å²) in [5.74, 6) is 0. The van der Waals surface area contributed by atoms with Gasteiger partial charge in [0.25, 0.3) is 10.0 Å². The average molecular weight is 413 g/mol. The van der Waals surface area contributed by atoms with Crippen molar-refractivity contribution in [1.82, 2.24) is 5.32 Å². The summed E-state index contributed by atoms with van der Waals surface area (Å²) in [6.07, 6.45) is -4.20. The normalized spacial score (nSPS) is 13.9. The van der Waals surface area contributed by atoms with E-state index < -0.39 is 26.7 Å². The van der Waals surface area contributed by atoms with Crippen LogP contribution in [0.5, 0.6) is 0 Å². The fraction of sp³-hybridized carbons (Fsp3) is 0.278. The van der Waals surface area contributed by atoms with E-state index in [-0.39, 0.29) is 11.7 Å². The monoisotopic (exact) mass is 413 g/mol. The van der Waals surface area contributed by atoms with Crippen LogP contribution in [0.15, 0.2) is 47.4 Å². The van der Waals surface area contributed by atoms with Crippen LogP contribution >= 0.6 is 0 Å². The standard InChI is InChI=1S/C18H18F3N3O3S/c1-2-22-17(25)24-10-9-12-7-8-13(11-15(12)24)23-28(26,27)16-6-4-3-5-14(16)18(19,20)21/h3-8,11,23H,2,9-10H2,1H3,(H,22,25). The Balaban J connectivity index is 1.93. The molecule has 0 spiro atoms. The van der Waals surface area contributed by atoms with E-state index in [4.69, 9.17) is 0 Å². The number of hydrogen-bond acceptors (Lipinski definition) is 3.